The topological polar surface area (TPSA) is 68.8 Å². The van der Waals surface area contributed by atoms with Crippen LogP contribution in [-0.2, 0) is 4.79 Å². The second-order valence-electron chi connectivity index (χ2n) is 5.89. The van der Waals surface area contributed by atoms with Crippen LogP contribution in [0.1, 0.15) is 18.0 Å². The minimum atomic E-state index is -2.97. The van der Waals surface area contributed by atoms with Gasteiger partial charge in [0.15, 0.2) is 11.5 Å². The van der Waals surface area contributed by atoms with Crippen molar-refractivity contribution in [2.45, 2.75) is 19.1 Å². The van der Waals surface area contributed by atoms with Crippen LogP contribution < -0.4 is 24.8 Å². The van der Waals surface area contributed by atoms with Crippen molar-refractivity contribution in [2.24, 2.45) is 0 Å². The lowest BCUT2D eigenvalue weighted by atomic mass is 10.0. The molecule has 1 atom stereocenters. The lowest BCUT2D eigenvalue weighted by Gasteiger charge is -2.26. The van der Waals surface area contributed by atoms with E-state index < -0.39 is 6.61 Å². The molecule has 0 spiro atoms. The Hall–Kier alpha value is -3.03. The van der Waals surface area contributed by atoms with Gasteiger partial charge in [0.25, 0.3) is 0 Å². The van der Waals surface area contributed by atoms with E-state index in [9.17, 15) is 13.6 Å². The summed E-state index contributed by atoms with van der Waals surface area (Å²) in [5, 5.41) is 5.86. The Kier molecular flexibility index (Phi) is 5.95. The Bertz CT molecular complexity index is 801. The number of hydrogen-bond acceptors (Lipinski definition) is 5. The highest BCUT2D eigenvalue weighted by Crippen LogP contribution is 2.32. The molecule has 2 aromatic rings. The molecule has 0 bridgehead atoms. The van der Waals surface area contributed by atoms with Crippen molar-refractivity contribution < 1.29 is 27.8 Å². The normalized spacial score (nSPS) is 15.5. The van der Waals surface area contributed by atoms with Crippen LogP contribution in [0.3, 0.4) is 0 Å². The summed E-state index contributed by atoms with van der Waals surface area (Å²) in [6.07, 6.45) is 0.678. The zero-order valence-electron chi connectivity index (χ0n) is 14.7. The van der Waals surface area contributed by atoms with Gasteiger partial charge in [0.1, 0.15) is 5.75 Å². The molecule has 0 aliphatic carbocycles. The molecule has 27 heavy (non-hydrogen) atoms. The second kappa shape index (κ2) is 8.57. The van der Waals surface area contributed by atoms with Crippen LogP contribution in [0.4, 0.5) is 14.5 Å². The molecular formula is C19H20F2N2O4. The number of ether oxygens (including phenoxy) is 3. The predicted octanol–water partition coefficient (Wildman–Crippen LogP) is 3.35. The Labute approximate surface area is 155 Å². The molecule has 1 aliphatic heterocycles. The SMILES string of the molecule is COc1ccc(NCC(=O)NC2CCOc3ccccc32)cc1OC(F)F. The van der Waals surface area contributed by atoms with Crippen molar-refractivity contribution in [1.82, 2.24) is 5.32 Å². The number of para-hydroxylation sites is 1. The van der Waals surface area contributed by atoms with E-state index in [1.165, 1.54) is 19.2 Å². The summed E-state index contributed by atoms with van der Waals surface area (Å²) in [4.78, 5) is 12.3. The third-order valence-corrected chi connectivity index (χ3v) is 4.13. The van der Waals surface area contributed by atoms with Gasteiger partial charge in [0.2, 0.25) is 5.91 Å². The van der Waals surface area contributed by atoms with Crippen LogP contribution in [-0.4, -0.2) is 32.8 Å². The molecule has 0 saturated heterocycles. The van der Waals surface area contributed by atoms with E-state index in [2.05, 4.69) is 15.4 Å². The van der Waals surface area contributed by atoms with Crippen LogP contribution in [0, 0.1) is 0 Å². The first-order valence-electron chi connectivity index (χ1n) is 8.44. The molecule has 0 saturated carbocycles. The van der Waals surface area contributed by atoms with Gasteiger partial charge in [-0.15, -0.1) is 0 Å². The maximum atomic E-state index is 12.5. The lowest BCUT2D eigenvalue weighted by Crippen LogP contribution is -2.35. The number of benzene rings is 2. The summed E-state index contributed by atoms with van der Waals surface area (Å²) in [6, 6.07) is 11.9. The Balaban J connectivity index is 1.60. The Morgan fingerprint density at radius 3 is 2.85 bits per heavy atom. The maximum absolute atomic E-state index is 12.5. The maximum Gasteiger partial charge on any atom is 0.387 e. The number of carbonyl (C=O) groups excluding carboxylic acids is 1. The summed E-state index contributed by atoms with van der Waals surface area (Å²) in [6.45, 7) is -2.45. The van der Waals surface area contributed by atoms with Gasteiger partial charge >= 0.3 is 6.61 Å². The average molecular weight is 378 g/mol. The number of methoxy groups -OCH3 is 1. The van der Waals surface area contributed by atoms with Crippen LogP contribution in [0.25, 0.3) is 0 Å². The van der Waals surface area contributed by atoms with Gasteiger partial charge in [-0.3, -0.25) is 4.79 Å². The van der Waals surface area contributed by atoms with Crippen LogP contribution in [0.2, 0.25) is 0 Å². The fourth-order valence-corrected chi connectivity index (χ4v) is 2.89. The molecule has 2 aromatic carbocycles. The van der Waals surface area contributed by atoms with Gasteiger partial charge in [0.05, 0.1) is 26.3 Å². The van der Waals surface area contributed by atoms with Crippen LogP contribution in [0.15, 0.2) is 42.5 Å². The molecular weight excluding hydrogens is 358 g/mol. The second-order valence-corrected chi connectivity index (χ2v) is 5.89. The van der Waals surface area contributed by atoms with Crippen molar-refractivity contribution in [3.05, 3.63) is 48.0 Å². The minimum Gasteiger partial charge on any atom is -0.493 e. The molecule has 144 valence electrons. The zero-order chi connectivity index (χ0) is 19.2. The van der Waals surface area contributed by atoms with Crippen LogP contribution >= 0.6 is 0 Å². The minimum absolute atomic E-state index is 0.0139. The number of carbonyl (C=O) groups is 1. The van der Waals surface area contributed by atoms with Gasteiger partial charge in [-0.1, -0.05) is 18.2 Å². The number of rotatable bonds is 7. The smallest absolute Gasteiger partial charge is 0.387 e. The number of anilines is 1. The zero-order valence-corrected chi connectivity index (χ0v) is 14.7. The fourth-order valence-electron chi connectivity index (χ4n) is 2.89. The molecule has 0 aromatic heterocycles. The third kappa shape index (κ3) is 4.78. The number of halogens is 2. The molecule has 8 heteroatoms. The van der Waals surface area contributed by atoms with E-state index in [-0.39, 0.29) is 30.0 Å². The Morgan fingerprint density at radius 2 is 2.07 bits per heavy atom. The molecule has 3 rings (SSSR count). The van der Waals surface area contributed by atoms with E-state index in [0.717, 1.165) is 11.3 Å². The van der Waals surface area contributed by atoms with Crippen molar-refractivity contribution >= 4 is 11.6 Å². The Morgan fingerprint density at radius 1 is 1.26 bits per heavy atom. The lowest BCUT2D eigenvalue weighted by molar-refractivity contribution is -0.120. The predicted molar refractivity (Wildman–Crippen MR) is 95.6 cm³/mol. The number of nitrogens with one attached hydrogen (secondary N) is 2. The summed E-state index contributed by atoms with van der Waals surface area (Å²) < 4.78 is 40.0. The number of hydrogen-bond donors (Lipinski definition) is 2. The number of fused-ring (bicyclic) bond motifs is 1. The molecule has 1 aliphatic rings. The van der Waals surface area contributed by atoms with Gasteiger partial charge in [0, 0.05) is 23.7 Å². The van der Waals surface area contributed by atoms with Gasteiger partial charge in [-0.25, -0.2) is 0 Å². The summed E-state index contributed by atoms with van der Waals surface area (Å²) >= 11 is 0. The highest BCUT2D eigenvalue weighted by molar-refractivity contribution is 5.81. The first-order chi connectivity index (χ1) is 13.1. The highest BCUT2D eigenvalue weighted by atomic mass is 19.3. The average Bonchev–Trinajstić information content (AvgIpc) is 2.66. The number of alkyl halides is 2. The molecule has 1 unspecified atom stereocenters. The van der Waals surface area contributed by atoms with Gasteiger partial charge < -0.3 is 24.8 Å². The van der Waals surface area contributed by atoms with Crippen LogP contribution in [0.5, 0.6) is 17.2 Å². The quantitative estimate of drug-likeness (QED) is 0.773. The van der Waals surface area contributed by atoms with Gasteiger partial charge in [-0.05, 0) is 18.2 Å². The summed E-state index contributed by atoms with van der Waals surface area (Å²) in [7, 11) is 1.36. The van der Waals surface area contributed by atoms with E-state index in [0.29, 0.717) is 18.7 Å². The van der Waals surface area contributed by atoms with E-state index in [1.54, 1.807) is 6.07 Å². The largest absolute Gasteiger partial charge is 0.493 e. The highest BCUT2D eigenvalue weighted by Gasteiger charge is 2.22. The van der Waals surface area contributed by atoms with Crippen molar-refractivity contribution in [3.8, 4) is 17.2 Å². The van der Waals surface area contributed by atoms with Crippen molar-refractivity contribution in [2.75, 3.05) is 25.6 Å². The fraction of sp³-hybridized carbons (Fsp3) is 0.316. The molecule has 2 N–H and O–H groups in total. The standard InChI is InChI=1S/C19H20F2N2O4/c1-25-16-7-6-12(10-17(16)27-19(20)21)22-11-18(24)23-14-8-9-26-15-5-3-2-4-13(14)15/h2-7,10,14,19,22H,8-9,11H2,1H3,(H,23,24). The van der Waals surface area contributed by atoms with E-state index in [4.69, 9.17) is 9.47 Å². The monoisotopic (exact) mass is 378 g/mol. The third-order valence-electron chi connectivity index (χ3n) is 4.13. The summed E-state index contributed by atoms with van der Waals surface area (Å²) in [5.41, 5.74) is 1.41. The molecule has 0 fully saturated rings. The van der Waals surface area contributed by atoms with Crippen molar-refractivity contribution in [3.63, 3.8) is 0 Å². The van der Waals surface area contributed by atoms with E-state index in [1.807, 2.05) is 24.3 Å². The first-order valence-corrected chi connectivity index (χ1v) is 8.44. The molecule has 1 heterocycles. The van der Waals surface area contributed by atoms with Gasteiger partial charge in [-0.2, -0.15) is 8.78 Å². The molecule has 0 radical (unpaired) electrons. The molecule has 1 amide bonds. The molecule has 6 nitrogen and oxygen atoms in total. The first kappa shape index (κ1) is 18.8. The number of amides is 1. The summed E-state index contributed by atoms with van der Waals surface area (Å²) in [5.74, 6) is 0.634. The van der Waals surface area contributed by atoms with Crippen molar-refractivity contribution in [1.29, 1.82) is 0 Å². The van der Waals surface area contributed by atoms with E-state index >= 15 is 0 Å².